The largest absolute Gasteiger partial charge is 0.508 e. The fourth-order valence-electron chi connectivity index (χ4n) is 1.93. The maximum absolute atomic E-state index is 12.0. The van der Waals surface area contributed by atoms with Crippen LogP contribution in [0.3, 0.4) is 0 Å². The molecule has 1 heterocycles. The first kappa shape index (κ1) is 14.1. The molecule has 1 aromatic carbocycles. The lowest BCUT2D eigenvalue weighted by Gasteiger charge is -2.12. The number of amides is 1. The molecule has 1 amide bonds. The highest BCUT2D eigenvalue weighted by Crippen LogP contribution is 2.12. The minimum Gasteiger partial charge on any atom is -0.508 e. The molecule has 0 unspecified atom stereocenters. The first-order valence-corrected chi connectivity index (χ1v) is 6.30. The van der Waals surface area contributed by atoms with Crippen molar-refractivity contribution in [1.29, 1.82) is 0 Å². The van der Waals surface area contributed by atoms with Gasteiger partial charge in [0.25, 0.3) is 0 Å². The van der Waals surface area contributed by atoms with E-state index in [0.717, 1.165) is 11.3 Å². The van der Waals surface area contributed by atoms with Gasteiger partial charge in [0.05, 0.1) is 11.7 Å². The van der Waals surface area contributed by atoms with Crippen LogP contribution in [0.15, 0.2) is 30.3 Å². The van der Waals surface area contributed by atoms with E-state index >= 15 is 0 Å². The molecule has 0 saturated carbocycles. The molecule has 0 bridgehead atoms. The van der Waals surface area contributed by atoms with Crippen LogP contribution in [-0.2, 0) is 18.3 Å². The van der Waals surface area contributed by atoms with Crippen molar-refractivity contribution in [3.63, 3.8) is 0 Å². The van der Waals surface area contributed by atoms with Crippen LogP contribution >= 0.6 is 0 Å². The van der Waals surface area contributed by atoms with Crippen LogP contribution < -0.4 is 11.1 Å². The number of aryl methyl sites for hydroxylation is 2. The van der Waals surface area contributed by atoms with Crippen molar-refractivity contribution < 1.29 is 9.90 Å². The fraction of sp³-hybridized carbons (Fsp3) is 0.286. The van der Waals surface area contributed by atoms with Crippen LogP contribution in [0.5, 0.6) is 5.75 Å². The van der Waals surface area contributed by atoms with Crippen LogP contribution in [0.4, 0.5) is 5.82 Å². The van der Waals surface area contributed by atoms with Crippen LogP contribution in [0.2, 0.25) is 0 Å². The third-order valence-corrected chi connectivity index (χ3v) is 2.98. The van der Waals surface area contributed by atoms with Crippen molar-refractivity contribution in [3.05, 3.63) is 41.6 Å². The lowest BCUT2D eigenvalue weighted by atomic mass is 10.1. The van der Waals surface area contributed by atoms with E-state index in [1.54, 1.807) is 42.1 Å². The quantitative estimate of drug-likeness (QED) is 0.773. The third kappa shape index (κ3) is 3.36. The summed E-state index contributed by atoms with van der Waals surface area (Å²) in [6.07, 6.45) is 0.406. The number of phenols is 1. The van der Waals surface area contributed by atoms with Crippen molar-refractivity contribution in [2.24, 2.45) is 12.8 Å². The summed E-state index contributed by atoms with van der Waals surface area (Å²) in [5.74, 6) is 0.548. The lowest BCUT2D eigenvalue weighted by Crippen LogP contribution is -2.37. The van der Waals surface area contributed by atoms with Gasteiger partial charge < -0.3 is 16.2 Å². The smallest absolute Gasteiger partial charge is 0.242 e. The third-order valence-electron chi connectivity index (χ3n) is 2.98. The van der Waals surface area contributed by atoms with Crippen LogP contribution in [0, 0.1) is 6.92 Å². The van der Waals surface area contributed by atoms with Crippen LogP contribution in [0.25, 0.3) is 0 Å². The number of hydrogen-bond acceptors (Lipinski definition) is 4. The number of hydrogen-bond donors (Lipinski definition) is 3. The molecular weight excluding hydrogens is 256 g/mol. The number of carbonyl (C=O) groups is 1. The number of phenolic OH excluding ortho intramolecular Hbond substituents is 1. The molecule has 6 heteroatoms. The van der Waals surface area contributed by atoms with Crippen molar-refractivity contribution in [1.82, 2.24) is 9.78 Å². The number of nitrogens with zero attached hydrogens (tertiary/aromatic N) is 2. The molecule has 0 saturated heterocycles. The standard InChI is InChI=1S/C14H18N4O2/c1-9-7-13(18(2)17-9)16-14(20)12(15)8-10-3-5-11(19)6-4-10/h3-7,12,19H,8,15H2,1-2H3,(H,16,20)/t12-/m1/s1. The summed E-state index contributed by atoms with van der Waals surface area (Å²) in [4.78, 5) is 12.0. The maximum Gasteiger partial charge on any atom is 0.242 e. The van der Waals surface area contributed by atoms with Crippen LogP contribution in [-0.4, -0.2) is 26.8 Å². The van der Waals surface area contributed by atoms with Gasteiger partial charge >= 0.3 is 0 Å². The molecule has 20 heavy (non-hydrogen) atoms. The molecule has 106 valence electrons. The molecule has 6 nitrogen and oxygen atoms in total. The second-order valence-corrected chi connectivity index (χ2v) is 4.76. The minimum atomic E-state index is -0.658. The highest BCUT2D eigenvalue weighted by molar-refractivity contribution is 5.94. The molecule has 4 N–H and O–H groups in total. The van der Waals surface area contributed by atoms with Gasteiger partial charge in [0.2, 0.25) is 5.91 Å². The summed E-state index contributed by atoms with van der Waals surface area (Å²) in [5.41, 5.74) is 7.61. The predicted molar refractivity (Wildman–Crippen MR) is 76.4 cm³/mol. The number of benzene rings is 1. The molecule has 1 atom stereocenters. The topological polar surface area (TPSA) is 93.2 Å². The van der Waals surface area contributed by atoms with Crippen molar-refractivity contribution >= 4 is 11.7 Å². The van der Waals surface area contributed by atoms with Crippen molar-refractivity contribution in [2.45, 2.75) is 19.4 Å². The zero-order valence-corrected chi connectivity index (χ0v) is 11.5. The van der Waals surface area contributed by atoms with Gasteiger partial charge in [0, 0.05) is 13.1 Å². The Morgan fingerprint density at radius 1 is 1.45 bits per heavy atom. The summed E-state index contributed by atoms with van der Waals surface area (Å²) >= 11 is 0. The average molecular weight is 274 g/mol. The van der Waals surface area contributed by atoms with E-state index in [4.69, 9.17) is 5.73 Å². The highest BCUT2D eigenvalue weighted by Gasteiger charge is 2.16. The van der Waals surface area contributed by atoms with Gasteiger partial charge in [0.15, 0.2) is 0 Å². The van der Waals surface area contributed by atoms with E-state index in [9.17, 15) is 9.90 Å². The molecule has 1 aromatic heterocycles. The first-order chi connectivity index (χ1) is 9.45. The monoisotopic (exact) mass is 274 g/mol. The normalized spacial score (nSPS) is 12.2. The fourth-order valence-corrected chi connectivity index (χ4v) is 1.93. The van der Waals surface area contributed by atoms with Crippen LogP contribution in [0.1, 0.15) is 11.3 Å². The second kappa shape index (κ2) is 5.75. The number of anilines is 1. The Bertz CT molecular complexity index is 604. The number of nitrogens with two attached hydrogens (primary N) is 1. The molecule has 0 fully saturated rings. The van der Waals surface area contributed by atoms with Gasteiger partial charge in [-0.25, -0.2) is 0 Å². The van der Waals surface area contributed by atoms with Gasteiger partial charge in [-0.15, -0.1) is 0 Å². The Morgan fingerprint density at radius 3 is 2.65 bits per heavy atom. The predicted octanol–water partition coefficient (Wildman–Crippen LogP) is 0.943. The molecule has 0 aliphatic carbocycles. The van der Waals surface area contributed by atoms with Gasteiger partial charge in [-0.1, -0.05) is 12.1 Å². The van der Waals surface area contributed by atoms with E-state index in [1.807, 2.05) is 6.92 Å². The highest BCUT2D eigenvalue weighted by atomic mass is 16.3. The molecule has 0 aliphatic heterocycles. The second-order valence-electron chi connectivity index (χ2n) is 4.76. The zero-order chi connectivity index (χ0) is 14.7. The summed E-state index contributed by atoms with van der Waals surface area (Å²) in [7, 11) is 1.76. The van der Waals surface area contributed by atoms with E-state index < -0.39 is 6.04 Å². The van der Waals surface area contributed by atoms with Crippen molar-refractivity contribution in [2.75, 3.05) is 5.32 Å². The number of rotatable bonds is 4. The van der Waals surface area contributed by atoms with Gasteiger partial charge in [-0.3, -0.25) is 9.48 Å². The van der Waals surface area contributed by atoms with E-state index in [1.165, 1.54) is 0 Å². The Kier molecular flexibility index (Phi) is 4.05. The SMILES string of the molecule is Cc1cc(NC(=O)[C@H](N)Cc2ccc(O)cc2)n(C)n1. The first-order valence-electron chi connectivity index (χ1n) is 6.30. The molecule has 2 rings (SSSR count). The lowest BCUT2D eigenvalue weighted by molar-refractivity contribution is -0.117. The van der Waals surface area contributed by atoms with E-state index in [2.05, 4.69) is 10.4 Å². The molecule has 2 aromatic rings. The summed E-state index contributed by atoms with van der Waals surface area (Å²) in [6, 6.07) is 7.77. The molecule has 0 spiro atoms. The van der Waals surface area contributed by atoms with Crippen molar-refractivity contribution in [3.8, 4) is 5.75 Å². The van der Waals surface area contributed by atoms with E-state index in [-0.39, 0.29) is 11.7 Å². The van der Waals surface area contributed by atoms with Gasteiger partial charge in [-0.05, 0) is 31.0 Å². The Hall–Kier alpha value is -2.34. The average Bonchev–Trinajstić information content (AvgIpc) is 2.70. The Balaban J connectivity index is 1.98. The van der Waals surface area contributed by atoms with Gasteiger partial charge in [-0.2, -0.15) is 5.10 Å². The zero-order valence-electron chi connectivity index (χ0n) is 11.5. The summed E-state index contributed by atoms with van der Waals surface area (Å²) in [6.45, 7) is 1.85. The Morgan fingerprint density at radius 2 is 2.10 bits per heavy atom. The van der Waals surface area contributed by atoms with Gasteiger partial charge in [0.1, 0.15) is 11.6 Å². The molecule has 0 aliphatic rings. The summed E-state index contributed by atoms with van der Waals surface area (Å²) < 4.78 is 1.60. The number of aromatic hydroxyl groups is 1. The summed E-state index contributed by atoms with van der Waals surface area (Å²) in [5, 5.41) is 16.1. The Labute approximate surface area is 117 Å². The number of aromatic nitrogens is 2. The number of carbonyl (C=O) groups excluding carboxylic acids is 1. The minimum absolute atomic E-state index is 0.192. The van der Waals surface area contributed by atoms with E-state index in [0.29, 0.717) is 12.2 Å². The molecular formula is C14H18N4O2. The maximum atomic E-state index is 12.0. The molecule has 0 radical (unpaired) electrons. The number of nitrogens with one attached hydrogen (secondary N) is 1.